The van der Waals surface area contributed by atoms with Crippen molar-refractivity contribution in [3.8, 4) is 17.0 Å². The van der Waals surface area contributed by atoms with Gasteiger partial charge >= 0.3 is 0 Å². The third-order valence-electron chi connectivity index (χ3n) is 2.75. The smallest absolute Gasteiger partial charge is 0.138 e. The molecule has 2 heterocycles. The summed E-state index contributed by atoms with van der Waals surface area (Å²) in [6, 6.07) is 3.85. The third kappa shape index (κ3) is 4.24. The van der Waals surface area contributed by atoms with Gasteiger partial charge in [0.05, 0.1) is 18.0 Å². The molecule has 0 N–H and O–H groups in total. The van der Waals surface area contributed by atoms with E-state index < -0.39 is 0 Å². The van der Waals surface area contributed by atoms with Crippen LogP contribution in [-0.4, -0.2) is 21.1 Å². The minimum atomic E-state index is -0.113. The average Bonchev–Trinajstić information content (AvgIpc) is 2.36. The normalized spacial score (nSPS) is 11.8. The Morgan fingerprint density at radius 2 is 1.81 bits per heavy atom. The van der Waals surface area contributed by atoms with Crippen LogP contribution in [0, 0.1) is 0 Å². The molecule has 0 spiro atoms. The molecule has 0 saturated carbocycles. The lowest BCUT2D eigenvalue weighted by atomic mass is 9.95. The molecule has 2 aromatic rings. The maximum atomic E-state index is 5.69. The molecule has 0 amide bonds. The predicted octanol–water partition coefficient (Wildman–Crippen LogP) is 4.39. The van der Waals surface area contributed by atoms with Gasteiger partial charge in [-0.25, -0.2) is 9.97 Å². The molecule has 0 aromatic carbocycles. The lowest BCUT2D eigenvalue weighted by molar-refractivity contribution is 0.241. The Morgan fingerprint density at radius 1 is 1.10 bits per heavy atom. The van der Waals surface area contributed by atoms with Crippen molar-refractivity contribution in [2.24, 2.45) is 0 Å². The van der Waals surface area contributed by atoms with E-state index in [1.54, 1.807) is 12.4 Å². The second-order valence-electron chi connectivity index (χ2n) is 6.23. The summed E-state index contributed by atoms with van der Waals surface area (Å²) >= 11 is 3.46. The van der Waals surface area contributed by atoms with Gasteiger partial charge in [-0.2, -0.15) is 0 Å². The number of ether oxygens (including phenoxy) is 1. The molecule has 5 heteroatoms. The first-order chi connectivity index (χ1) is 9.75. The monoisotopic (exact) mass is 349 g/mol. The minimum Gasteiger partial charge on any atom is -0.489 e. The minimum absolute atomic E-state index is 0.113. The fourth-order valence-corrected chi connectivity index (χ4v) is 2.18. The molecule has 0 bridgehead atoms. The van der Waals surface area contributed by atoms with Crippen LogP contribution in [0.4, 0.5) is 0 Å². The molecule has 4 nitrogen and oxygen atoms in total. The van der Waals surface area contributed by atoms with Gasteiger partial charge in [0.15, 0.2) is 0 Å². The molecule has 0 aliphatic carbocycles. The average molecular weight is 350 g/mol. The van der Waals surface area contributed by atoms with E-state index in [1.165, 1.54) is 0 Å². The molecule has 0 radical (unpaired) electrons. The van der Waals surface area contributed by atoms with Gasteiger partial charge in [0, 0.05) is 17.2 Å². The van der Waals surface area contributed by atoms with Gasteiger partial charge in [0.1, 0.15) is 16.2 Å². The van der Waals surface area contributed by atoms with E-state index in [9.17, 15) is 0 Å². The van der Waals surface area contributed by atoms with Crippen LogP contribution >= 0.6 is 15.9 Å². The first-order valence-electron chi connectivity index (χ1n) is 6.93. The van der Waals surface area contributed by atoms with Crippen LogP contribution in [0.2, 0.25) is 0 Å². The zero-order valence-electron chi connectivity index (χ0n) is 13.0. The van der Waals surface area contributed by atoms with Crippen LogP contribution in [-0.2, 0) is 5.41 Å². The highest BCUT2D eigenvalue weighted by atomic mass is 79.9. The molecule has 0 aliphatic heterocycles. The van der Waals surface area contributed by atoms with Gasteiger partial charge in [-0.3, -0.25) is 4.98 Å². The summed E-state index contributed by atoms with van der Waals surface area (Å²) in [5.74, 6) is 1.54. The van der Waals surface area contributed by atoms with E-state index in [-0.39, 0.29) is 11.5 Å². The summed E-state index contributed by atoms with van der Waals surface area (Å²) in [5, 5.41) is 0. The Balaban J connectivity index is 2.44. The number of hydrogen-bond acceptors (Lipinski definition) is 4. The number of halogens is 1. The number of nitrogens with zero attached hydrogens (tertiary/aromatic N) is 3. The van der Waals surface area contributed by atoms with Gasteiger partial charge in [0.2, 0.25) is 0 Å². The second-order valence-corrected chi connectivity index (χ2v) is 7.04. The highest BCUT2D eigenvalue weighted by molar-refractivity contribution is 9.10. The molecular formula is C16H20BrN3O. The molecule has 0 aliphatic rings. The van der Waals surface area contributed by atoms with Gasteiger partial charge in [-0.15, -0.1) is 0 Å². The van der Waals surface area contributed by atoms with Crippen molar-refractivity contribution in [2.75, 3.05) is 0 Å². The lowest BCUT2D eigenvalue weighted by Crippen LogP contribution is -2.16. The fourth-order valence-electron chi connectivity index (χ4n) is 1.80. The Bertz CT molecular complexity index is 636. The first-order valence-corrected chi connectivity index (χ1v) is 7.72. The molecule has 112 valence electrons. The first kappa shape index (κ1) is 15.9. The Hall–Kier alpha value is -1.49. The van der Waals surface area contributed by atoms with E-state index in [1.807, 2.05) is 26.0 Å². The largest absolute Gasteiger partial charge is 0.489 e. The number of hydrogen-bond donors (Lipinski definition) is 0. The van der Waals surface area contributed by atoms with Crippen molar-refractivity contribution in [3.63, 3.8) is 0 Å². The van der Waals surface area contributed by atoms with Crippen molar-refractivity contribution in [3.05, 3.63) is 35.0 Å². The van der Waals surface area contributed by atoms with E-state index in [4.69, 9.17) is 4.74 Å². The van der Waals surface area contributed by atoms with E-state index in [2.05, 4.69) is 51.7 Å². The zero-order chi connectivity index (χ0) is 15.6. The van der Waals surface area contributed by atoms with Crippen LogP contribution < -0.4 is 4.74 Å². The Morgan fingerprint density at radius 3 is 2.43 bits per heavy atom. The number of aromatic nitrogens is 3. The number of pyridine rings is 1. The summed E-state index contributed by atoms with van der Waals surface area (Å²) in [4.78, 5) is 13.3. The highest BCUT2D eigenvalue weighted by Crippen LogP contribution is 2.27. The van der Waals surface area contributed by atoms with Crippen LogP contribution in [0.1, 0.15) is 40.4 Å². The van der Waals surface area contributed by atoms with Crippen LogP contribution in [0.3, 0.4) is 0 Å². The Labute approximate surface area is 134 Å². The standard InChI is InChI=1S/C16H20BrN3O/c1-10(2)21-12-6-11(8-18-9-12)13-7-14(17)20-15(19-13)16(3,4)5/h6-10H,1-5H3. The molecule has 2 aromatic heterocycles. The summed E-state index contributed by atoms with van der Waals surface area (Å²) in [5.41, 5.74) is 1.64. The molecule has 0 atom stereocenters. The topological polar surface area (TPSA) is 47.9 Å². The van der Waals surface area contributed by atoms with Crippen molar-refractivity contribution < 1.29 is 4.74 Å². The van der Waals surface area contributed by atoms with E-state index in [0.29, 0.717) is 0 Å². The van der Waals surface area contributed by atoms with Crippen molar-refractivity contribution in [1.29, 1.82) is 0 Å². The van der Waals surface area contributed by atoms with Crippen LogP contribution in [0.5, 0.6) is 5.75 Å². The summed E-state index contributed by atoms with van der Waals surface area (Å²) < 4.78 is 6.46. The van der Waals surface area contributed by atoms with Crippen molar-refractivity contribution in [1.82, 2.24) is 15.0 Å². The van der Waals surface area contributed by atoms with E-state index in [0.717, 1.165) is 27.4 Å². The van der Waals surface area contributed by atoms with Crippen LogP contribution in [0.25, 0.3) is 11.3 Å². The van der Waals surface area contributed by atoms with Crippen LogP contribution in [0.15, 0.2) is 29.1 Å². The molecule has 21 heavy (non-hydrogen) atoms. The lowest BCUT2D eigenvalue weighted by Gasteiger charge is -2.17. The fraction of sp³-hybridized carbons (Fsp3) is 0.438. The third-order valence-corrected chi connectivity index (χ3v) is 3.15. The maximum absolute atomic E-state index is 5.69. The quantitative estimate of drug-likeness (QED) is 0.771. The maximum Gasteiger partial charge on any atom is 0.138 e. The SMILES string of the molecule is CC(C)Oc1cncc(-c2cc(Br)nc(C(C)(C)C)n2)c1. The summed E-state index contributed by atoms with van der Waals surface area (Å²) in [6.45, 7) is 10.3. The molecular weight excluding hydrogens is 330 g/mol. The summed E-state index contributed by atoms with van der Waals surface area (Å²) in [6.07, 6.45) is 3.61. The molecule has 2 rings (SSSR count). The van der Waals surface area contributed by atoms with Gasteiger partial charge in [-0.05, 0) is 41.9 Å². The van der Waals surface area contributed by atoms with Gasteiger partial charge < -0.3 is 4.74 Å². The van der Waals surface area contributed by atoms with Gasteiger partial charge in [0.25, 0.3) is 0 Å². The Kier molecular flexibility index (Phi) is 4.61. The zero-order valence-corrected chi connectivity index (χ0v) is 14.6. The van der Waals surface area contributed by atoms with E-state index >= 15 is 0 Å². The summed E-state index contributed by atoms with van der Waals surface area (Å²) in [7, 11) is 0. The van der Waals surface area contributed by atoms with Crippen molar-refractivity contribution >= 4 is 15.9 Å². The van der Waals surface area contributed by atoms with Crippen molar-refractivity contribution in [2.45, 2.75) is 46.1 Å². The van der Waals surface area contributed by atoms with Gasteiger partial charge in [-0.1, -0.05) is 20.8 Å². The highest BCUT2D eigenvalue weighted by Gasteiger charge is 2.19. The molecule has 0 unspecified atom stereocenters. The predicted molar refractivity (Wildman–Crippen MR) is 87.4 cm³/mol. The second kappa shape index (κ2) is 6.10. The molecule has 0 saturated heterocycles. The number of rotatable bonds is 3. The molecule has 0 fully saturated rings.